The zero-order valence-electron chi connectivity index (χ0n) is 9.29. The SMILES string of the molecule is O=C(O)c1c[nH]c(=O)n(Cc2ccccc2)c1=O. The fourth-order valence-electron chi connectivity index (χ4n) is 1.57. The predicted molar refractivity (Wildman–Crippen MR) is 63.8 cm³/mol. The van der Waals surface area contributed by atoms with Gasteiger partial charge in [-0.25, -0.2) is 9.59 Å². The van der Waals surface area contributed by atoms with Crippen molar-refractivity contribution >= 4 is 5.97 Å². The van der Waals surface area contributed by atoms with Crippen molar-refractivity contribution < 1.29 is 9.90 Å². The molecule has 0 spiro atoms. The van der Waals surface area contributed by atoms with Crippen molar-refractivity contribution in [3.63, 3.8) is 0 Å². The van der Waals surface area contributed by atoms with Crippen LogP contribution in [0, 0.1) is 0 Å². The molecule has 6 nitrogen and oxygen atoms in total. The highest BCUT2D eigenvalue weighted by atomic mass is 16.4. The summed E-state index contributed by atoms with van der Waals surface area (Å²) in [4.78, 5) is 36.4. The molecular formula is C12H10N2O4. The lowest BCUT2D eigenvalue weighted by atomic mass is 10.2. The van der Waals surface area contributed by atoms with Gasteiger partial charge < -0.3 is 10.1 Å². The summed E-state index contributed by atoms with van der Waals surface area (Å²) in [5, 5.41) is 8.81. The molecule has 0 atom stereocenters. The number of carboxylic acid groups (broad SMARTS) is 1. The highest BCUT2D eigenvalue weighted by Crippen LogP contribution is 1.99. The third kappa shape index (κ3) is 2.22. The highest BCUT2D eigenvalue weighted by Gasteiger charge is 2.13. The number of carboxylic acids is 1. The molecule has 0 aliphatic carbocycles. The van der Waals surface area contributed by atoms with E-state index in [0.29, 0.717) is 0 Å². The van der Waals surface area contributed by atoms with Crippen molar-refractivity contribution in [2.45, 2.75) is 6.54 Å². The summed E-state index contributed by atoms with van der Waals surface area (Å²) in [5.41, 5.74) is -1.15. The van der Waals surface area contributed by atoms with Crippen LogP contribution >= 0.6 is 0 Å². The second-order valence-corrected chi connectivity index (χ2v) is 3.69. The Hall–Kier alpha value is -2.63. The van der Waals surface area contributed by atoms with Gasteiger partial charge in [-0.05, 0) is 5.56 Å². The van der Waals surface area contributed by atoms with Crippen LogP contribution < -0.4 is 11.2 Å². The summed E-state index contributed by atoms with van der Waals surface area (Å²) in [6, 6.07) is 8.86. The van der Waals surface area contributed by atoms with Crippen LogP contribution in [-0.2, 0) is 6.54 Å². The zero-order chi connectivity index (χ0) is 13.1. The molecule has 0 amide bonds. The van der Waals surface area contributed by atoms with Gasteiger partial charge in [0.2, 0.25) is 0 Å². The van der Waals surface area contributed by atoms with E-state index < -0.39 is 22.8 Å². The Bertz CT molecular complexity index is 685. The highest BCUT2D eigenvalue weighted by molar-refractivity contribution is 5.86. The van der Waals surface area contributed by atoms with Crippen molar-refractivity contribution in [3.05, 3.63) is 68.5 Å². The molecular weight excluding hydrogens is 236 g/mol. The maximum absolute atomic E-state index is 11.8. The summed E-state index contributed by atoms with van der Waals surface area (Å²) in [5.74, 6) is -1.36. The molecule has 1 aromatic heterocycles. The minimum Gasteiger partial charge on any atom is -0.477 e. The molecule has 6 heteroatoms. The van der Waals surface area contributed by atoms with Gasteiger partial charge in [0, 0.05) is 6.20 Å². The normalized spacial score (nSPS) is 10.2. The number of aromatic nitrogens is 2. The average Bonchev–Trinajstić information content (AvgIpc) is 2.35. The van der Waals surface area contributed by atoms with E-state index in [4.69, 9.17) is 5.11 Å². The van der Waals surface area contributed by atoms with Crippen molar-refractivity contribution in [2.75, 3.05) is 0 Å². The minimum atomic E-state index is -1.36. The molecule has 0 bridgehead atoms. The minimum absolute atomic E-state index is 0.0378. The van der Waals surface area contributed by atoms with E-state index in [2.05, 4.69) is 4.98 Å². The predicted octanol–water partition coefficient (Wildman–Crippen LogP) is 0.283. The van der Waals surface area contributed by atoms with E-state index in [-0.39, 0.29) is 6.54 Å². The number of carbonyl (C=O) groups is 1. The average molecular weight is 246 g/mol. The quantitative estimate of drug-likeness (QED) is 0.813. The van der Waals surface area contributed by atoms with Crippen LogP contribution in [0.2, 0.25) is 0 Å². The first-order valence-electron chi connectivity index (χ1n) is 5.19. The topological polar surface area (TPSA) is 92.2 Å². The van der Waals surface area contributed by atoms with E-state index >= 15 is 0 Å². The number of hydrogen-bond acceptors (Lipinski definition) is 3. The Kier molecular flexibility index (Phi) is 3.09. The molecule has 92 valence electrons. The van der Waals surface area contributed by atoms with E-state index in [1.807, 2.05) is 6.07 Å². The van der Waals surface area contributed by atoms with Crippen molar-refractivity contribution in [3.8, 4) is 0 Å². The van der Waals surface area contributed by atoms with Crippen LogP contribution in [0.4, 0.5) is 0 Å². The van der Waals surface area contributed by atoms with Crippen molar-refractivity contribution in [1.82, 2.24) is 9.55 Å². The van der Waals surface area contributed by atoms with Crippen LogP contribution in [0.5, 0.6) is 0 Å². The van der Waals surface area contributed by atoms with Gasteiger partial charge in [0.1, 0.15) is 5.56 Å². The summed E-state index contributed by atoms with van der Waals surface area (Å²) >= 11 is 0. The lowest BCUT2D eigenvalue weighted by Crippen LogP contribution is -2.38. The molecule has 0 saturated heterocycles. The zero-order valence-corrected chi connectivity index (χ0v) is 9.29. The van der Waals surface area contributed by atoms with Crippen LogP contribution in [0.15, 0.2) is 46.1 Å². The second-order valence-electron chi connectivity index (χ2n) is 3.69. The van der Waals surface area contributed by atoms with Gasteiger partial charge in [-0.2, -0.15) is 0 Å². The van der Waals surface area contributed by atoms with Gasteiger partial charge in [0.05, 0.1) is 6.54 Å². The summed E-state index contributed by atoms with van der Waals surface area (Å²) < 4.78 is 0.860. The van der Waals surface area contributed by atoms with Crippen molar-refractivity contribution in [2.24, 2.45) is 0 Å². The number of rotatable bonds is 3. The molecule has 18 heavy (non-hydrogen) atoms. The fraction of sp³-hybridized carbons (Fsp3) is 0.0833. The molecule has 0 aliphatic rings. The van der Waals surface area contributed by atoms with E-state index in [1.54, 1.807) is 24.3 Å². The van der Waals surface area contributed by atoms with Gasteiger partial charge in [-0.15, -0.1) is 0 Å². The number of nitrogens with one attached hydrogen (secondary N) is 1. The first-order chi connectivity index (χ1) is 8.59. The molecule has 1 heterocycles. The number of nitrogens with zero attached hydrogens (tertiary/aromatic N) is 1. The fourth-order valence-corrected chi connectivity index (χ4v) is 1.57. The summed E-state index contributed by atoms with van der Waals surface area (Å²) in [7, 11) is 0. The van der Waals surface area contributed by atoms with Gasteiger partial charge in [0.25, 0.3) is 5.56 Å². The molecule has 0 aliphatic heterocycles. The number of aromatic amines is 1. The number of aromatic carboxylic acids is 1. The van der Waals surface area contributed by atoms with E-state index in [0.717, 1.165) is 16.3 Å². The van der Waals surface area contributed by atoms with Crippen LogP contribution in [-0.4, -0.2) is 20.6 Å². The van der Waals surface area contributed by atoms with E-state index in [1.165, 1.54) is 0 Å². The Labute approximate surface area is 101 Å². The number of hydrogen-bond donors (Lipinski definition) is 2. The molecule has 0 unspecified atom stereocenters. The molecule has 2 N–H and O–H groups in total. The molecule has 1 aromatic carbocycles. The Morgan fingerprint density at radius 3 is 2.50 bits per heavy atom. The summed E-state index contributed by atoms with van der Waals surface area (Å²) in [6.07, 6.45) is 0.911. The van der Waals surface area contributed by atoms with Gasteiger partial charge in [-0.1, -0.05) is 30.3 Å². The van der Waals surface area contributed by atoms with Crippen LogP contribution in [0.1, 0.15) is 15.9 Å². The van der Waals surface area contributed by atoms with Gasteiger partial charge in [-0.3, -0.25) is 9.36 Å². The molecule has 2 rings (SSSR count). The molecule has 2 aromatic rings. The first-order valence-corrected chi connectivity index (χ1v) is 5.19. The Morgan fingerprint density at radius 1 is 1.22 bits per heavy atom. The largest absolute Gasteiger partial charge is 0.477 e. The lowest BCUT2D eigenvalue weighted by Gasteiger charge is -2.05. The Morgan fingerprint density at radius 2 is 1.89 bits per heavy atom. The third-order valence-corrected chi connectivity index (χ3v) is 2.47. The summed E-state index contributed by atoms with van der Waals surface area (Å²) in [6.45, 7) is 0.0378. The number of benzene rings is 1. The first kappa shape index (κ1) is 11.8. The van der Waals surface area contributed by atoms with Crippen molar-refractivity contribution in [1.29, 1.82) is 0 Å². The van der Waals surface area contributed by atoms with Crippen LogP contribution in [0.25, 0.3) is 0 Å². The maximum atomic E-state index is 11.8. The standard InChI is InChI=1S/C12H10N2O4/c15-10-9(11(16)17)6-13-12(18)14(10)7-8-4-2-1-3-5-8/h1-6H,7H2,(H,13,18)(H,16,17). The second kappa shape index (κ2) is 4.70. The Balaban J connectivity index is 2.51. The smallest absolute Gasteiger partial charge is 0.342 e. The van der Waals surface area contributed by atoms with Gasteiger partial charge in [0.15, 0.2) is 0 Å². The molecule has 0 saturated carbocycles. The monoisotopic (exact) mass is 246 g/mol. The van der Waals surface area contributed by atoms with Gasteiger partial charge >= 0.3 is 11.7 Å². The van der Waals surface area contributed by atoms with E-state index in [9.17, 15) is 14.4 Å². The third-order valence-electron chi connectivity index (χ3n) is 2.47. The van der Waals surface area contributed by atoms with Crippen LogP contribution in [0.3, 0.4) is 0 Å². The lowest BCUT2D eigenvalue weighted by molar-refractivity contribution is 0.0693. The molecule has 0 radical (unpaired) electrons. The number of H-pyrrole nitrogens is 1. The maximum Gasteiger partial charge on any atom is 0.342 e. The molecule has 0 fully saturated rings.